The molecular weight excluding hydrogens is 334 g/mol. The third-order valence-electron chi connectivity index (χ3n) is 1.83. The summed E-state index contributed by atoms with van der Waals surface area (Å²) in [7, 11) is 0. The second-order valence-corrected chi connectivity index (χ2v) is 4.40. The Bertz CT molecular complexity index is 546. The van der Waals surface area contributed by atoms with Crippen molar-refractivity contribution in [3.8, 4) is 11.8 Å². The maximum Gasteiger partial charge on any atom is 0.471 e. The third-order valence-corrected chi connectivity index (χ3v) is 3.02. The zero-order valence-electron chi connectivity index (χ0n) is 8.95. The van der Waals surface area contributed by atoms with Gasteiger partial charge in [-0.3, -0.25) is 4.79 Å². The molecule has 0 aliphatic heterocycles. The molecule has 0 fully saturated rings. The maximum atomic E-state index is 12.1. The van der Waals surface area contributed by atoms with Crippen LogP contribution in [-0.4, -0.2) is 12.1 Å². The minimum absolute atomic E-state index is 0.0834. The van der Waals surface area contributed by atoms with Gasteiger partial charge in [0.25, 0.3) is 0 Å². The fraction of sp³-hybridized carbons (Fsp3) is 0.182. The molecule has 1 aromatic carbocycles. The normalized spacial score (nSPS) is 10.6. The third kappa shape index (κ3) is 3.65. The van der Waals surface area contributed by atoms with Crippen LogP contribution in [0.2, 0.25) is 5.02 Å². The van der Waals surface area contributed by atoms with Gasteiger partial charge >= 0.3 is 12.1 Å². The van der Waals surface area contributed by atoms with Gasteiger partial charge in [0.05, 0.1) is 10.7 Å². The molecule has 0 aliphatic rings. The molecule has 96 valence electrons. The van der Waals surface area contributed by atoms with Crippen molar-refractivity contribution in [3.05, 3.63) is 27.2 Å². The van der Waals surface area contributed by atoms with Crippen molar-refractivity contribution in [1.29, 1.82) is 0 Å². The van der Waals surface area contributed by atoms with Crippen LogP contribution in [0.1, 0.15) is 12.5 Å². The van der Waals surface area contributed by atoms with E-state index in [2.05, 4.69) is 27.8 Å². The second kappa shape index (κ2) is 5.63. The van der Waals surface area contributed by atoms with Crippen LogP contribution in [0.25, 0.3) is 0 Å². The topological polar surface area (TPSA) is 29.1 Å². The van der Waals surface area contributed by atoms with Gasteiger partial charge in [-0.25, -0.2) is 0 Å². The molecule has 0 spiro atoms. The highest BCUT2D eigenvalue weighted by Crippen LogP contribution is 2.30. The molecule has 0 atom stereocenters. The average molecular weight is 341 g/mol. The molecule has 0 aromatic heterocycles. The van der Waals surface area contributed by atoms with E-state index < -0.39 is 12.1 Å². The van der Waals surface area contributed by atoms with Crippen molar-refractivity contribution in [1.82, 2.24) is 0 Å². The first-order chi connectivity index (χ1) is 8.25. The average Bonchev–Trinajstić information content (AvgIpc) is 2.24. The number of carbonyl (C=O) groups is 1. The van der Waals surface area contributed by atoms with E-state index in [1.807, 2.05) is 0 Å². The van der Waals surface area contributed by atoms with Crippen LogP contribution in [0.3, 0.4) is 0 Å². The van der Waals surface area contributed by atoms with Crippen molar-refractivity contribution in [2.45, 2.75) is 13.1 Å². The molecule has 1 N–H and O–H groups in total. The van der Waals surface area contributed by atoms with Crippen LogP contribution in [0.15, 0.2) is 16.6 Å². The fourth-order valence-electron chi connectivity index (χ4n) is 1.08. The minimum Gasteiger partial charge on any atom is -0.317 e. The molecule has 0 saturated heterocycles. The Morgan fingerprint density at radius 1 is 1.44 bits per heavy atom. The van der Waals surface area contributed by atoms with E-state index in [0.29, 0.717) is 4.47 Å². The summed E-state index contributed by atoms with van der Waals surface area (Å²) in [6.07, 6.45) is -4.96. The van der Waals surface area contributed by atoms with Crippen molar-refractivity contribution < 1.29 is 18.0 Å². The molecule has 18 heavy (non-hydrogen) atoms. The Kier molecular flexibility index (Phi) is 4.65. The van der Waals surface area contributed by atoms with E-state index in [4.69, 9.17) is 11.6 Å². The number of halogens is 5. The molecule has 2 nitrogen and oxygen atoms in total. The van der Waals surface area contributed by atoms with E-state index >= 15 is 0 Å². The van der Waals surface area contributed by atoms with Crippen molar-refractivity contribution in [2.24, 2.45) is 0 Å². The lowest BCUT2D eigenvalue weighted by Crippen LogP contribution is -2.30. The minimum atomic E-state index is -4.96. The SMILES string of the molecule is CC#Cc1cc(Br)c(Cl)cc1NC(=O)C(F)(F)F. The summed E-state index contributed by atoms with van der Waals surface area (Å²) in [4.78, 5) is 10.8. The Morgan fingerprint density at radius 2 is 2.06 bits per heavy atom. The highest BCUT2D eigenvalue weighted by atomic mass is 79.9. The predicted molar refractivity (Wildman–Crippen MR) is 66.4 cm³/mol. The Morgan fingerprint density at radius 3 is 2.56 bits per heavy atom. The monoisotopic (exact) mass is 339 g/mol. The van der Waals surface area contributed by atoms with Crippen LogP contribution >= 0.6 is 27.5 Å². The highest BCUT2D eigenvalue weighted by Gasteiger charge is 2.39. The summed E-state index contributed by atoms with van der Waals surface area (Å²) in [6.45, 7) is 1.53. The second-order valence-electron chi connectivity index (χ2n) is 3.14. The van der Waals surface area contributed by atoms with Crippen molar-refractivity contribution in [2.75, 3.05) is 5.32 Å². The van der Waals surface area contributed by atoms with Crippen LogP contribution < -0.4 is 5.32 Å². The zero-order valence-corrected chi connectivity index (χ0v) is 11.3. The summed E-state index contributed by atoms with van der Waals surface area (Å²) >= 11 is 8.88. The van der Waals surface area contributed by atoms with Gasteiger partial charge in [-0.1, -0.05) is 17.5 Å². The summed E-state index contributed by atoms with van der Waals surface area (Å²) in [5.41, 5.74) is 0.159. The van der Waals surface area contributed by atoms with Gasteiger partial charge in [0.2, 0.25) is 0 Å². The number of amides is 1. The number of rotatable bonds is 1. The molecule has 1 amide bonds. The zero-order chi connectivity index (χ0) is 13.9. The standard InChI is InChI=1S/C11H6BrClF3NO/c1-2-3-6-4-7(12)8(13)5-9(6)17-10(18)11(14,15)16/h4-5H,1H3,(H,17,18). The van der Waals surface area contributed by atoms with Crippen LogP contribution in [0.4, 0.5) is 18.9 Å². The molecule has 7 heteroatoms. The summed E-state index contributed by atoms with van der Waals surface area (Å²) in [5, 5.41) is 1.91. The van der Waals surface area contributed by atoms with E-state index in [1.54, 1.807) is 5.32 Å². The number of alkyl halides is 3. The van der Waals surface area contributed by atoms with Gasteiger partial charge in [0, 0.05) is 10.0 Å². The molecule has 0 bridgehead atoms. The lowest BCUT2D eigenvalue weighted by Gasteiger charge is -2.11. The van der Waals surface area contributed by atoms with Gasteiger partial charge < -0.3 is 5.32 Å². The Balaban J connectivity index is 3.18. The molecule has 0 aliphatic carbocycles. The molecule has 1 rings (SSSR count). The van der Waals surface area contributed by atoms with Gasteiger partial charge in [-0.05, 0) is 35.0 Å². The fourth-order valence-corrected chi connectivity index (χ4v) is 1.59. The van der Waals surface area contributed by atoms with Gasteiger partial charge in [-0.15, -0.1) is 5.92 Å². The molecule has 0 radical (unpaired) electrons. The number of carbonyl (C=O) groups excluding carboxylic acids is 1. The molecular formula is C11H6BrClF3NO. The van der Waals surface area contributed by atoms with Crippen LogP contribution in [0, 0.1) is 11.8 Å². The van der Waals surface area contributed by atoms with Crippen molar-refractivity contribution in [3.63, 3.8) is 0 Å². The van der Waals surface area contributed by atoms with Gasteiger partial charge in [-0.2, -0.15) is 13.2 Å². The first-order valence-electron chi connectivity index (χ1n) is 4.55. The van der Waals surface area contributed by atoms with Crippen molar-refractivity contribution >= 4 is 39.1 Å². The predicted octanol–water partition coefficient (Wildman–Crippen LogP) is 3.97. The van der Waals surface area contributed by atoms with E-state index in [1.165, 1.54) is 19.1 Å². The number of hydrogen-bond acceptors (Lipinski definition) is 1. The number of anilines is 1. The van der Waals surface area contributed by atoms with E-state index in [-0.39, 0.29) is 16.3 Å². The van der Waals surface area contributed by atoms with Gasteiger partial charge in [0.15, 0.2) is 0 Å². The summed E-state index contributed by atoms with van der Waals surface area (Å²) in [5.74, 6) is 3.05. The van der Waals surface area contributed by atoms with Gasteiger partial charge in [0.1, 0.15) is 0 Å². The maximum absolute atomic E-state index is 12.1. The molecule has 0 unspecified atom stereocenters. The summed E-state index contributed by atoms with van der Waals surface area (Å²) in [6, 6.07) is 2.64. The lowest BCUT2D eigenvalue weighted by atomic mass is 10.2. The molecule has 0 saturated carbocycles. The number of hydrogen-bond donors (Lipinski definition) is 1. The first-order valence-corrected chi connectivity index (χ1v) is 5.72. The smallest absolute Gasteiger partial charge is 0.317 e. The van der Waals surface area contributed by atoms with E-state index in [9.17, 15) is 18.0 Å². The van der Waals surface area contributed by atoms with Crippen LogP contribution in [-0.2, 0) is 4.79 Å². The quantitative estimate of drug-likeness (QED) is 0.770. The molecule has 0 heterocycles. The highest BCUT2D eigenvalue weighted by molar-refractivity contribution is 9.10. The largest absolute Gasteiger partial charge is 0.471 e. The van der Waals surface area contributed by atoms with E-state index in [0.717, 1.165) is 0 Å². The van der Waals surface area contributed by atoms with Crippen LogP contribution in [0.5, 0.6) is 0 Å². The lowest BCUT2D eigenvalue weighted by molar-refractivity contribution is -0.167. The summed E-state index contributed by atoms with van der Waals surface area (Å²) < 4.78 is 36.9. The Hall–Kier alpha value is -1.19. The Labute approximate surface area is 115 Å². The number of nitrogens with one attached hydrogen (secondary N) is 1. The first kappa shape index (κ1) is 14.9. The molecule has 1 aromatic rings. The number of benzene rings is 1.